The molecule has 0 radical (unpaired) electrons. The zero-order valence-corrected chi connectivity index (χ0v) is 24.4. The van der Waals surface area contributed by atoms with E-state index in [0.717, 1.165) is 43.9 Å². The van der Waals surface area contributed by atoms with Crippen LogP contribution in [0.15, 0.2) is 60.8 Å². The molecule has 9 nitrogen and oxygen atoms in total. The van der Waals surface area contributed by atoms with Gasteiger partial charge in [-0.05, 0) is 80.1 Å². The monoisotopic (exact) mass is 638 g/mol. The number of halogens is 4. The molecule has 240 valence electrons. The van der Waals surface area contributed by atoms with Crippen molar-refractivity contribution >= 4 is 22.7 Å². The summed E-state index contributed by atoms with van der Waals surface area (Å²) in [4.78, 5) is 33.8. The lowest BCUT2D eigenvalue weighted by Gasteiger charge is -2.31. The standard InChI is InChI=1S/C33H30F4N4O5/c34-23-7-5-19(6-8-23)29-30(45-16-18-3-4-18)21(15-27(38)42)14-26(41-29)32(44,33(35,36)37)17-40-31(43)22-12-20-2-1-11-39-28(20)25(13-22)46-24-9-10-24/h1-2,5-8,11-14,18,24,44H,3-4,9-10,15-17H2,(H2,38,42)(H,40,43)/t32-/m0/s1. The summed E-state index contributed by atoms with van der Waals surface area (Å²) in [6.07, 6.45) is -0.883. The van der Waals surface area contributed by atoms with Crippen LogP contribution in [0.1, 0.15) is 47.3 Å². The Bertz CT molecular complexity index is 1790. The van der Waals surface area contributed by atoms with E-state index in [0.29, 0.717) is 16.7 Å². The fourth-order valence-corrected chi connectivity index (χ4v) is 4.96. The Morgan fingerprint density at radius 3 is 2.43 bits per heavy atom. The Labute approximate surface area is 260 Å². The van der Waals surface area contributed by atoms with Crippen molar-refractivity contribution in [2.24, 2.45) is 11.7 Å². The summed E-state index contributed by atoms with van der Waals surface area (Å²) in [6, 6.07) is 11.9. The van der Waals surface area contributed by atoms with Gasteiger partial charge in [0.2, 0.25) is 11.5 Å². The first-order valence-corrected chi connectivity index (χ1v) is 14.8. The van der Waals surface area contributed by atoms with E-state index in [4.69, 9.17) is 15.2 Å². The average Bonchev–Trinajstić information content (AvgIpc) is 3.95. The quantitative estimate of drug-likeness (QED) is 0.186. The van der Waals surface area contributed by atoms with Crippen LogP contribution in [0, 0.1) is 11.7 Å². The second-order valence-corrected chi connectivity index (χ2v) is 11.7. The first-order chi connectivity index (χ1) is 21.9. The molecule has 0 spiro atoms. The predicted octanol–water partition coefficient (Wildman–Crippen LogP) is 4.97. The number of hydrogen-bond donors (Lipinski definition) is 3. The minimum Gasteiger partial charge on any atom is -0.491 e. The molecule has 0 saturated heterocycles. The molecule has 46 heavy (non-hydrogen) atoms. The van der Waals surface area contributed by atoms with Crippen LogP contribution in [-0.2, 0) is 16.8 Å². The summed E-state index contributed by atoms with van der Waals surface area (Å²) in [5.74, 6) is -1.82. The van der Waals surface area contributed by atoms with Gasteiger partial charge < -0.3 is 25.6 Å². The third kappa shape index (κ3) is 6.74. The molecule has 0 aliphatic heterocycles. The highest BCUT2D eigenvalue weighted by Gasteiger charge is 2.57. The third-order valence-corrected chi connectivity index (χ3v) is 7.84. The van der Waals surface area contributed by atoms with E-state index in [1.165, 1.54) is 24.3 Å². The van der Waals surface area contributed by atoms with Crippen LogP contribution in [0.5, 0.6) is 11.5 Å². The molecule has 1 atom stereocenters. The van der Waals surface area contributed by atoms with Gasteiger partial charge >= 0.3 is 6.18 Å². The number of alkyl halides is 3. The lowest BCUT2D eigenvalue weighted by atomic mass is 9.93. The van der Waals surface area contributed by atoms with Gasteiger partial charge in [-0.25, -0.2) is 9.37 Å². The lowest BCUT2D eigenvalue weighted by Crippen LogP contribution is -2.51. The predicted molar refractivity (Wildman–Crippen MR) is 158 cm³/mol. The van der Waals surface area contributed by atoms with Gasteiger partial charge in [0.15, 0.2) is 0 Å². The van der Waals surface area contributed by atoms with Crippen molar-refractivity contribution in [1.29, 1.82) is 0 Å². The molecule has 2 aliphatic rings. The van der Waals surface area contributed by atoms with Crippen LogP contribution in [0.3, 0.4) is 0 Å². The molecule has 2 aliphatic carbocycles. The molecule has 2 aromatic heterocycles. The van der Waals surface area contributed by atoms with Crippen molar-refractivity contribution in [3.63, 3.8) is 0 Å². The van der Waals surface area contributed by atoms with Gasteiger partial charge in [-0.3, -0.25) is 14.6 Å². The highest BCUT2D eigenvalue weighted by molar-refractivity contribution is 6.00. The lowest BCUT2D eigenvalue weighted by molar-refractivity contribution is -0.265. The van der Waals surface area contributed by atoms with Gasteiger partial charge in [0.05, 0.1) is 31.4 Å². The summed E-state index contributed by atoms with van der Waals surface area (Å²) in [7, 11) is 0. The SMILES string of the molecule is NC(=O)Cc1cc([C@@](O)(CNC(=O)c2cc(OC3CC3)c3ncccc3c2)C(F)(F)F)nc(-c2ccc(F)cc2)c1OCC1CC1. The number of nitrogens with two attached hydrogens (primary N) is 1. The number of carbonyl (C=O) groups excluding carboxylic acids is 2. The number of aliphatic hydroxyl groups is 1. The van der Waals surface area contributed by atoms with E-state index >= 15 is 0 Å². The van der Waals surface area contributed by atoms with Crippen LogP contribution in [0.4, 0.5) is 17.6 Å². The van der Waals surface area contributed by atoms with Gasteiger partial charge in [-0.1, -0.05) is 6.07 Å². The fraction of sp³-hybridized carbons (Fsp3) is 0.333. The van der Waals surface area contributed by atoms with Crippen molar-refractivity contribution in [2.45, 2.75) is 50.0 Å². The fourth-order valence-electron chi connectivity index (χ4n) is 4.96. The third-order valence-electron chi connectivity index (χ3n) is 7.84. The largest absolute Gasteiger partial charge is 0.491 e. The molecule has 2 heterocycles. The van der Waals surface area contributed by atoms with E-state index in [-0.39, 0.29) is 46.8 Å². The highest BCUT2D eigenvalue weighted by Crippen LogP contribution is 2.43. The van der Waals surface area contributed by atoms with Gasteiger partial charge in [-0.15, -0.1) is 0 Å². The summed E-state index contributed by atoms with van der Waals surface area (Å²) >= 11 is 0. The van der Waals surface area contributed by atoms with Crippen molar-refractivity contribution in [1.82, 2.24) is 15.3 Å². The first-order valence-electron chi connectivity index (χ1n) is 14.8. The molecular formula is C33H30F4N4O5. The maximum atomic E-state index is 14.8. The number of benzene rings is 2. The number of carbonyl (C=O) groups is 2. The Morgan fingerprint density at radius 2 is 1.78 bits per heavy atom. The van der Waals surface area contributed by atoms with Crippen molar-refractivity contribution in [3.05, 3.63) is 83.4 Å². The molecule has 0 unspecified atom stereocenters. The molecule has 2 amide bonds. The molecule has 0 bridgehead atoms. The molecular weight excluding hydrogens is 608 g/mol. The Morgan fingerprint density at radius 1 is 1.04 bits per heavy atom. The van der Waals surface area contributed by atoms with Crippen LogP contribution < -0.4 is 20.5 Å². The van der Waals surface area contributed by atoms with Crippen LogP contribution >= 0.6 is 0 Å². The first kappa shape index (κ1) is 31.2. The maximum absolute atomic E-state index is 14.8. The number of amides is 2. The van der Waals surface area contributed by atoms with E-state index in [9.17, 15) is 32.3 Å². The number of ether oxygens (including phenoxy) is 2. The van der Waals surface area contributed by atoms with Crippen molar-refractivity contribution in [3.8, 4) is 22.8 Å². The summed E-state index contributed by atoms with van der Waals surface area (Å²) in [6.45, 7) is -1.11. The number of nitrogens with zero attached hydrogens (tertiary/aromatic N) is 2. The number of fused-ring (bicyclic) bond motifs is 1. The summed E-state index contributed by atoms with van der Waals surface area (Å²) in [5.41, 5.74) is 1.31. The molecule has 6 rings (SSSR count). The number of aromatic nitrogens is 2. The van der Waals surface area contributed by atoms with Crippen LogP contribution in [0.25, 0.3) is 22.2 Å². The average molecular weight is 639 g/mol. The van der Waals surface area contributed by atoms with Gasteiger partial charge in [0.1, 0.15) is 28.5 Å². The molecule has 2 saturated carbocycles. The normalized spacial score (nSPS) is 16.1. The van der Waals surface area contributed by atoms with E-state index in [1.54, 1.807) is 18.3 Å². The summed E-state index contributed by atoms with van der Waals surface area (Å²) in [5, 5.41) is 14.0. The Kier molecular flexibility index (Phi) is 8.28. The van der Waals surface area contributed by atoms with Crippen LogP contribution in [0.2, 0.25) is 0 Å². The van der Waals surface area contributed by atoms with E-state index < -0.39 is 48.1 Å². The topological polar surface area (TPSA) is 137 Å². The second-order valence-electron chi connectivity index (χ2n) is 11.7. The molecule has 2 aromatic carbocycles. The van der Waals surface area contributed by atoms with E-state index in [1.807, 2.05) is 0 Å². The zero-order chi connectivity index (χ0) is 32.6. The zero-order valence-electron chi connectivity index (χ0n) is 24.4. The number of pyridine rings is 2. The Balaban J connectivity index is 1.38. The van der Waals surface area contributed by atoms with E-state index in [2.05, 4.69) is 15.3 Å². The second kappa shape index (κ2) is 12.2. The van der Waals surface area contributed by atoms with Gasteiger partial charge in [0.25, 0.3) is 5.91 Å². The molecule has 4 N–H and O–H groups in total. The van der Waals surface area contributed by atoms with Gasteiger partial charge in [-0.2, -0.15) is 13.2 Å². The smallest absolute Gasteiger partial charge is 0.424 e. The molecule has 2 fully saturated rings. The Hall–Kier alpha value is -4.78. The van der Waals surface area contributed by atoms with Crippen molar-refractivity contribution in [2.75, 3.05) is 13.2 Å². The number of nitrogens with one attached hydrogen (secondary N) is 1. The number of rotatable bonds is 12. The van der Waals surface area contributed by atoms with Crippen molar-refractivity contribution < 1.29 is 41.7 Å². The molecule has 13 heteroatoms. The summed E-state index contributed by atoms with van der Waals surface area (Å²) < 4.78 is 69.9. The number of primary amides is 1. The highest BCUT2D eigenvalue weighted by atomic mass is 19.4. The van der Waals surface area contributed by atoms with Crippen LogP contribution in [-0.4, -0.2) is 52.3 Å². The minimum absolute atomic E-state index is 0.00104. The van der Waals surface area contributed by atoms with Gasteiger partial charge in [0, 0.05) is 28.3 Å². The maximum Gasteiger partial charge on any atom is 0.424 e. The number of hydrogen-bond acceptors (Lipinski definition) is 7. The minimum atomic E-state index is -5.35. The molecule has 4 aromatic rings.